The maximum absolute atomic E-state index is 12.9. The lowest BCUT2D eigenvalue weighted by Gasteiger charge is -2.44. The summed E-state index contributed by atoms with van der Waals surface area (Å²) < 4.78 is 24.3. The molecule has 130 valence electrons. The summed E-state index contributed by atoms with van der Waals surface area (Å²) in [6, 6.07) is 0.682. The van der Waals surface area contributed by atoms with E-state index >= 15 is 0 Å². The van der Waals surface area contributed by atoms with Gasteiger partial charge in [0.25, 0.3) is 0 Å². The Morgan fingerprint density at radius 2 is 1.68 bits per heavy atom. The molecule has 2 fully saturated rings. The SMILES string of the molecule is CC(C)OP(=O)(OC(C)C)SC[C@H]1CCCN2CCCCC12. The Kier molecular flexibility index (Phi) is 7.28. The molecule has 0 spiro atoms. The van der Waals surface area contributed by atoms with Crippen LogP contribution in [-0.4, -0.2) is 42.0 Å². The summed E-state index contributed by atoms with van der Waals surface area (Å²) in [4.78, 5) is 2.65. The van der Waals surface area contributed by atoms with Crippen LogP contribution in [0.25, 0.3) is 0 Å². The number of nitrogens with zero attached hydrogens (tertiary/aromatic N) is 1. The molecule has 0 aromatic heterocycles. The van der Waals surface area contributed by atoms with Crippen LogP contribution in [0.3, 0.4) is 0 Å². The van der Waals surface area contributed by atoms with Gasteiger partial charge in [0.1, 0.15) is 0 Å². The second-order valence-corrected chi connectivity index (χ2v) is 11.1. The fourth-order valence-electron chi connectivity index (χ4n) is 3.56. The highest BCUT2D eigenvalue weighted by molar-refractivity contribution is 8.55. The molecule has 2 atom stereocenters. The molecule has 1 unspecified atom stereocenters. The number of hydrogen-bond donors (Lipinski definition) is 0. The molecule has 22 heavy (non-hydrogen) atoms. The Hall–Kier alpha value is 0.460. The van der Waals surface area contributed by atoms with E-state index in [1.54, 1.807) is 0 Å². The third kappa shape index (κ3) is 5.52. The Balaban J connectivity index is 1.94. The first-order chi connectivity index (χ1) is 10.4. The zero-order valence-corrected chi connectivity index (χ0v) is 16.2. The van der Waals surface area contributed by atoms with Crippen LogP contribution in [0.2, 0.25) is 0 Å². The zero-order valence-electron chi connectivity index (χ0n) is 14.5. The summed E-state index contributed by atoms with van der Waals surface area (Å²) in [7, 11) is 0. The molecule has 0 bridgehead atoms. The monoisotopic (exact) mass is 349 g/mol. The van der Waals surface area contributed by atoms with Gasteiger partial charge in [-0.15, -0.1) is 0 Å². The first kappa shape index (κ1) is 18.8. The molecule has 2 aliphatic heterocycles. The predicted octanol–water partition coefficient (Wildman–Crippen LogP) is 4.94. The Labute approximate surface area is 140 Å². The fourth-order valence-corrected chi connectivity index (χ4v) is 8.05. The molecule has 2 saturated heterocycles. The zero-order chi connectivity index (χ0) is 16.2. The molecule has 0 saturated carbocycles. The van der Waals surface area contributed by atoms with Gasteiger partial charge in [-0.1, -0.05) is 6.42 Å². The highest BCUT2D eigenvalue weighted by atomic mass is 32.7. The van der Waals surface area contributed by atoms with Crippen molar-refractivity contribution in [2.75, 3.05) is 18.8 Å². The Morgan fingerprint density at radius 3 is 2.32 bits per heavy atom. The fraction of sp³-hybridized carbons (Fsp3) is 1.00. The van der Waals surface area contributed by atoms with Crippen LogP contribution in [0.15, 0.2) is 0 Å². The van der Waals surface area contributed by atoms with Crippen molar-refractivity contribution in [2.24, 2.45) is 5.92 Å². The molecule has 0 N–H and O–H groups in total. The second kappa shape index (κ2) is 8.53. The van der Waals surface area contributed by atoms with Crippen molar-refractivity contribution in [2.45, 2.75) is 78.0 Å². The largest absolute Gasteiger partial charge is 0.389 e. The number of rotatable bonds is 7. The molecule has 4 nitrogen and oxygen atoms in total. The molecule has 2 heterocycles. The van der Waals surface area contributed by atoms with Crippen LogP contribution in [0.1, 0.15) is 59.8 Å². The number of hydrogen-bond acceptors (Lipinski definition) is 5. The quantitative estimate of drug-likeness (QED) is 0.609. The van der Waals surface area contributed by atoms with E-state index in [4.69, 9.17) is 9.05 Å². The third-order valence-electron chi connectivity index (χ3n) is 4.36. The van der Waals surface area contributed by atoms with E-state index < -0.39 is 6.80 Å². The highest BCUT2D eigenvalue weighted by Crippen LogP contribution is 2.63. The van der Waals surface area contributed by atoms with Crippen LogP contribution in [0.4, 0.5) is 0 Å². The molecule has 2 aliphatic rings. The van der Waals surface area contributed by atoms with E-state index in [1.165, 1.54) is 56.6 Å². The van der Waals surface area contributed by atoms with E-state index in [-0.39, 0.29) is 12.2 Å². The van der Waals surface area contributed by atoms with Crippen LogP contribution >= 0.6 is 18.2 Å². The van der Waals surface area contributed by atoms with Crippen LogP contribution in [0.5, 0.6) is 0 Å². The first-order valence-electron chi connectivity index (χ1n) is 8.75. The molecule has 0 radical (unpaired) electrons. The lowest BCUT2D eigenvalue weighted by atomic mass is 9.85. The van der Waals surface area contributed by atoms with Crippen molar-refractivity contribution in [3.8, 4) is 0 Å². The van der Waals surface area contributed by atoms with Crippen molar-refractivity contribution in [3.63, 3.8) is 0 Å². The van der Waals surface area contributed by atoms with Gasteiger partial charge >= 0.3 is 6.80 Å². The van der Waals surface area contributed by atoms with Crippen molar-refractivity contribution < 1.29 is 13.6 Å². The predicted molar refractivity (Wildman–Crippen MR) is 94.4 cm³/mol. The van der Waals surface area contributed by atoms with Gasteiger partial charge in [-0.05, 0) is 83.8 Å². The van der Waals surface area contributed by atoms with Crippen molar-refractivity contribution >= 4 is 18.2 Å². The normalized spacial score (nSPS) is 27.4. The lowest BCUT2D eigenvalue weighted by molar-refractivity contribution is 0.0693. The van der Waals surface area contributed by atoms with E-state index in [0.29, 0.717) is 12.0 Å². The number of fused-ring (bicyclic) bond motifs is 1. The van der Waals surface area contributed by atoms with Crippen molar-refractivity contribution in [1.29, 1.82) is 0 Å². The van der Waals surface area contributed by atoms with Crippen LogP contribution < -0.4 is 0 Å². The van der Waals surface area contributed by atoms with Crippen molar-refractivity contribution in [1.82, 2.24) is 4.90 Å². The molecule has 0 amide bonds. The van der Waals surface area contributed by atoms with Gasteiger partial charge in [-0.2, -0.15) is 0 Å². The van der Waals surface area contributed by atoms with Gasteiger partial charge in [0.2, 0.25) is 0 Å². The van der Waals surface area contributed by atoms with Gasteiger partial charge in [0.05, 0.1) is 12.2 Å². The number of piperidine rings is 2. The Morgan fingerprint density at radius 1 is 1.05 bits per heavy atom. The van der Waals surface area contributed by atoms with Gasteiger partial charge in [-0.3, -0.25) is 9.05 Å². The summed E-state index contributed by atoms with van der Waals surface area (Å²) >= 11 is 1.43. The maximum Gasteiger partial charge on any atom is 0.389 e. The van der Waals surface area contributed by atoms with E-state index in [9.17, 15) is 4.57 Å². The summed E-state index contributed by atoms with van der Waals surface area (Å²) in [5.41, 5.74) is 0. The van der Waals surface area contributed by atoms with Crippen LogP contribution in [0, 0.1) is 5.92 Å². The van der Waals surface area contributed by atoms with Crippen molar-refractivity contribution in [3.05, 3.63) is 0 Å². The summed E-state index contributed by atoms with van der Waals surface area (Å²) in [6.45, 7) is 7.11. The molecular weight excluding hydrogens is 317 g/mol. The average molecular weight is 349 g/mol. The smallest absolute Gasteiger partial charge is 0.300 e. The Bertz CT molecular complexity index is 376. The average Bonchev–Trinajstić information content (AvgIpc) is 2.43. The minimum absolute atomic E-state index is 0.0744. The first-order valence-corrected chi connectivity index (χ1v) is 11.9. The summed E-state index contributed by atoms with van der Waals surface area (Å²) in [5, 5.41) is 0. The van der Waals surface area contributed by atoms with Gasteiger partial charge < -0.3 is 4.90 Å². The second-order valence-electron chi connectivity index (χ2n) is 7.05. The third-order valence-corrected chi connectivity index (χ3v) is 8.52. The van der Waals surface area contributed by atoms with Gasteiger partial charge in [-0.25, -0.2) is 4.57 Å². The standard InChI is InChI=1S/C16H32NO3PS/c1-13(2)19-21(18,20-14(3)4)22-12-15-8-7-11-17-10-6-5-9-16(15)17/h13-16H,5-12H2,1-4H3/t15-,16?/m1/s1. The summed E-state index contributed by atoms with van der Waals surface area (Å²) in [5.74, 6) is 1.51. The molecule has 0 aromatic rings. The maximum atomic E-state index is 12.9. The topological polar surface area (TPSA) is 38.8 Å². The molecule has 0 aromatic carbocycles. The summed E-state index contributed by atoms with van der Waals surface area (Å²) in [6.07, 6.45) is 6.34. The molecule has 0 aliphatic carbocycles. The molecule has 6 heteroatoms. The minimum Gasteiger partial charge on any atom is -0.300 e. The molecule has 2 rings (SSSR count). The highest BCUT2D eigenvalue weighted by Gasteiger charge is 2.36. The molecular formula is C16H32NO3PS. The van der Waals surface area contributed by atoms with E-state index in [0.717, 1.165) is 5.75 Å². The van der Waals surface area contributed by atoms with E-state index in [2.05, 4.69) is 4.90 Å². The van der Waals surface area contributed by atoms with Gasteiger partial charge in [0.15, 0.2) is 0 Å². The lowest BCUT2D eigenvalue weighted by Crippen LogP contribution is -2.48. The minimum atomic E-state index is -3.05. The van der Waals surface area contributed by atoms with Gasteiger partial charge in [0, 0.05) is 11.8 Å². The van der Waals surface area contributed by atoms with E-state index in [1.807, 2.05) is 27.7 Å². The van der Waals surface area contributed by atoms with Crippen LogP contribution in [-0.2, 0) is 13.6 Å².